The van der Waals surface area contributed by atoms with E-state index in [0.29, 0.717) is 5.56 Å². The second-order valence-electron chi connectivity index (χ2n) is 4.27. The van der Waals surface area contributed by atoms with Crippen LogP contribution in [0.5, 0.6) is 0 Å². The van der Waals surface area contributed by atoms with Gasteiger partial charge in [0.05, 0.1) is 0 Å². The molecule has 0 fully saturated rings. The van der Waals surface area contributed by atoms with Crippen LogP contribution in [-0.4, -0.2) is 17.1 Å². The van der Waals surface area contributed by atoms with Crippen LogP contribution in [0.4, 0.5) is 13.2 Å². The molecule has 1 aliphatic heterocycles. The van der Waals surface area contributed by atoms with Crippen molar-refractivity contribution < 1.29 is 13.2 Å². The molecule has 108 valence electrons. The second-order valence-corrected chi connectivity index (χ2v) is 5.38. The number of alkyl halides is 3. The van der Waals surface area contributed by atoms with Gasteiger partial charge in [-0.15, -0.1) is 0 Å². The van der Waals surface area contributed by atoms with Crippen molar-refractivity contribution in [3.63, 3.8) is 0 Å². The van der Waals surface area contributed by atoms with Crippen LogP contribution in [-0.2, 0) is 6.42 Å². The van der Waals surface area contributed by atoms with E-state index in [4.69, 9.17) is 11.5 Å². The quantitative estimate of drug-likeness (QED) is 0.746. The molecule has 1 aliphatic rings. The molecule has 1 heterocycles. The zero-order valence-electron chi connectivity index (χ0n) is 10.3. The highest BCUT2D eigenvalue weighted by molar-refractivity contribution is 8.00. The van der Waals surface area contributed by atoms with Crippen LogP contribution < -0.4 is 16.8 Å². The fraction of sp³-hybridized carbons (Fsp3) is 0.250. The molecule has 0 radical (unpaired) electrons. The number of hydrogen-bond acceptors (Lipinski definition) is 5. The molecule has 8 heteroatoms. The van der Waals surface area contributed by atoms with Crippen molar-refractivity contribution in [3.8, 4) is 0 Å². The van der Waals surface area contributed by atoms with Crippen molar-refractivity contribution in [1.82, 2.24) is 5.32 Å². The van der Waals surface area contributed by atoms with Gasteiger partial charge in [-0.3, -0.25) is 5.73 Å². The predicted octanol–water partition coefficient (Wildman–Crippen LogP) is 1.93. The molecular formula is C12H13F3N4S. The fourth-order valence-electron chi connectivity index (χ4n) is 1.83. The molecule has 0 saturated carbocycles. The van der Waals surface area contributed by atoms with E-state index in [2.05, 4.69) is 10.3 Å². The van der Waals surface area contributed by atoms with E-state index in [0.717, 1.165) is 0 Å². The van der Waals surface area contributed by atoms with E-state index in [1.807, 2.05) is 0 Å². The van der Waals surface area contributed by atoms with Crippen LogP contribution in [0.15, 0.2) is 46.4 Å². The lowest BCUT2D eigenvalue weighted by Gasteiger charge is -2.29. The summed E-state index contributed by atoms with van der Waals surface area (Å²) in [4.78, 5) is 4.14. The Labute approximate surface area is 118 Å². The smallest absolute Gasteiger partial charge is 0.384 e. The summed E-state index contributed by atoms with van der Waals surface area (Å²) in [6.07, 6.45) is 3.15. The molecule has 0 bridgehead atoms. The highest BCUT2D eigenvalue weighted by atomic mass is 32.2. The number of nitrogens with zero attached hydrogens (tertiary/aromatic N) is 1. The van der Waals surface area contributed by atoms with Crippen LogP contribution >= 0.6 is 11.8 Å². The third-order valence-electron chi connectivity index (χ3n) is 2.57. The summed E-state index contributed by atoms with van der Waals surface area (Å²) in [6.45, 7) is 0. The first-order valence-electron chi connectivity index (χ1n) is 5.69. The third-order valence-corrected chi connectivity index (χ3v) is 3.42. The van der Waals surface area contributed by atoms with Crippen molar-refractivity contribution in [2.45, 2.75) is 22.6 Å². The van der Waals surface area contributed by atoms with Gasteiger partial charge in [0.25, 0.3) is 0 Å². The largest absolute Gasteiger partial charge is 0.446 e. The number of nitrogens with one attached hydrogen (secondary N) is 1. The number of benzene rings is 1. The monoisotopic (exact) mass is 302 g/mol. The number of rotatable bonds is 3. The van der Waals surface area contributed by atoms with Gasteiger partial charge >= 0.3 is 5.51 Å². The number of amidine groups is 1. The van der Waals surface area contributed by atoms with Crippen LogP contribution in [0.2, 0.25) is 0 Å². The van der Waals surface area contributed by atoms with E-state index in [1.54, 1.807) is 18.2 Å². The van der Waals surface area contributed by atoms with Crippen molar-refractivity contribution in [2.24, 2.45) is 16.5 Å². The average molecular weight is 302 g/mol. The summed E-state index contributed by atoms with van der Waals surface area (Å²) in [6, 6.07) is 6.20. The zero-order valence-corrected chi connectivity index (χ0v) is 11.1. The molecule has 2 rings (SSSR count). The molecule has 1 atom stereocenters. The number of hydrogen-bond donors (Lipinski definition) is 3. The van der Waals surface area contributed by atoms with Gasteiger partial charge in [0.1, 0.15) is 5.84 Å². The molecular weight excluding hydrogens is 289 g/mol. The lowest BCUT2D eigenvalue weighted by Crippen LogP contribution is -2.54. The maximum absolute atomic E-state index is 12.5. The number of halogens is 3. The molecule has 0 amide bonds. The first kappa shape index (κ1) is 14.7. The van der Waals surface area contributed by atoms with E-state index >= 15 is 0 Å². The maximum atomic E-state index is 12.5. The van der Waals surface area contributed by atoms with Crippen LogP contribution in [0, 0.1) is 0 Å². The normalized spacial score (nSPS) is 22.3. The van der Waals surface area contributed by atoms with Gasteiger partial charge in [-0.1, -0.05) is 18.2 Å². The Bertz CT molecular complexity index is 556. The SMILES string of the molecule is NC1=NC(N)(Cc2ccccc2SC(F)(F)F)NC=C1. The van der Waals surface area contributed by atoms with Gasteiger partial charge in [0.15, 0.2) is 5.79 Å². The van der Waals surface area contributed by atoms with Crippen molar-refractivity contribution in [1.29, 1.82) is 0 Å². The summed E-state index contributed by atoms with van der Waals surface area (Å²) in [5.74, 6) is -1.01. The first-order chi connectivity index (χ1) is 9.27. The minimum atomic E-state index is -4.35. The van der Waals surface area contributed by atoms with E-state index in [-0.39, 0.29) is 28.9 Å². The Morgan fingerprint density at radius 2 is 2.00 bits per heavy atom. The molecule has 1 aromatic carbocycles. The Morgan fingerprint density at radius 1 is 1.30 bits per heavy atom. The van der Waals surface area contributed by atoms with Gasteiger partial charge in [0.2, 0.25) is 0 Å². The van der Waals surface area contributed by atoms with Crippen molar-refractivity contribution >= 4 is 17.6 Å². The van der Waals surface area contributed by atoms with E-state index < -0.39 is 11.3 Å². The van der Waals surface area contributed by atoms with Crippen molar-refractivity contribution in [2.75, 3.05) is 0 Å². The standard InChI is InChI=1S/C12H13F3N4S/c13-12(14,15)20-9-4-2-1-3-8(9)7-11(17)18-6-5-10(16)19-11/h1-6,18H,7,17H2,(H2,16,19). The Balaban J connectivity index is 2.24. The minimum Gasteiger partial charge on any atom is -0.384 e. The van der Waals surface area contributed by atoms with Gasteiger partial charge in [-0.2, -0.15) is 13.2 Å². The lowest BCUT2D eigenvalue weighted by molar-refractivity contribution is -0.0328. The maximum Gasteiger partial charge on any atom is 0.446 e. The zero-order chi connectivity index (χ0) is 14.8. The summed E-state index contributed by atoms with van der Waals surface area (Å²) in [5.41, 5.74) is 7.66. The first-order valence-corrected chi connectivity index (χ1v) is 6.51. The Hall–Kier alpha value is -1.67. The molecule has 5 N–H and O–H groups in total. The molecule has 1 unspecified atom stereocenters. The highest BCUT2D eigenvalue weighted by Crippen LogP contribution is 2.39. The summed E-state index contributed by atoms with van der Waals surface area (Å²) in [7, 11) is 0. The van der Waals surface area contributed by atoms with Crippen molar-refractivity contribution in [3.05, 3.63) is 42.1 Å². The predicted molar refractivity (Wildman–Crippen MR) is 72.9 cm³/mol. The third kappa shape index (κ3) is 3.91. The summed E-state index contributed by atoms with van der Waals surface area (Å²) >= 11 is -0.166. The van der Waals surface area contributed by atoms with Gasteiger partial charge in [0, 0.05) is 17.5 Å². The molecule has 0 aromatic heterocycles. The highest BCUT2D eigenvalue weighted by Gasteiger charge is 2.32. The number of aliphatic imine (C=N–C) groups is 1. The van der Waals surface area contributed by atoms with Gasteiger partial charge in [-0.05, 0) is 29.5 Å². The molecule has 0 aliphatic carbocycles. The minimum absolute atomic E-state index is 0.0945. The Kier molecular flexibility index (Phi) is 3.96. The fourth-order valence-corrected chi connectivity index (χ4v) is 2.49. The van der Waals surface area contributed by atoms with Gasteiger partial charge < -0.3 is 11.1 Å². The molecule has 4 nitrogen and oxygen atoms in total. The number of nitrogens with two attached hydrogens (primary N) is 2. The number of thioether (sulfide) groups is 1. The van der Waals surface area contributed by atoms with Gasteiger partial charge in [-0.25, -0.2) is 4.99 Å². The molecule has 1 aromatic rings. The van der Waals surface area contributed by atoms with Crippen LogP contribution in [0.3, 0.4) is 0 Å². The lowest BCUT2D eigenvalue weighted by atomic mass is 10.1. The van der Waals surface area contributed by atoms with E-state index in [1.165, 1.54) is 18.3 Å². The van der Waals surface area contributed by atoms with E-state index in [9.17, 15) is 13.2 Å². The molecule has 20 heavy (non-hydrogen) atoms. The van der Waals surface area contributed by atoms with Crippen LogP contribution in [0.1, 0.15) is 5.56 Å². The molecule has 0 spiro atoms. The second kappa shape index (κ2) is 5.37. The van der Waals surface area contributed by atoms with Crippen LogP contribution in [0.25, 0.3) is 0 Å². The topological polar surface area (TPSA) is 76.4 Å². The molecule has 0 saturated heterocycles. The summed E-state index contributed by atoms with van der Waals surface area (Å²) < 4.78 is 37.5. The Morgan fingerprint density at radius 3 is 2.65 bits per heavy atom. The average Bonchev–Trinajstić information content (AvgIpc) is 2.29. The summed E-state index contributed by atoms with van der Waals surface area (Å²) in [5, 5.41) is 2.80.